The number of ketones is 1. The van der Waals surface area contributed by atoms with Gasteiger partial charge in [-0.25, -0.2) is 18.0 Å². The maximum absolute atomic E-state index is 13.0. The van der Waals surface area contributed by atoms with Crippen molar-refractivity contribution in [2.75, 3.05) is 23.7 Å². The van der Waals surface area contributed by atoms with E-state index in [-0.39, 0.29) is 28.7 Å². The van der Waals surface area contributed by atoms with Gasteiger partial charge in [0.05, 0.1) is 16.1 Å². The van der Waals surface area contributed by atoms with Crippen molar-refractivity contribution in [3.63, 3.8) is 0 Å². The van der Waals surface area contributed by atoms with Crippen LogP contribution in [0.4, 0.5) is 11.5 Å². The molecule has 0 spiro atoms. The predicted octanol–water partition coefficient (Wildman–Crippen LogP) is 1.65. The van der Waals surface area contributed by atoms with E-state index < -0.39 is 45.2 Å². The van der Waals surface area contributed by atoms with Gasteiger partial charge in [0, 0.05) is 20.6 Å². The second-order valence-corrected chi connectivity index (χ2v) is 10.7. The Labute approximate surface area is 213 Å². The first-order valence-corrected chi connectivity index (χ1v) is 12.7. The fourth-order valence-electron chi connectivity index (χ4n) is 3.59. The normalized spacial score (nSPS) is 11.4. The second kappa shape index (κ2) is 10.8. The van der Waals surface area contributed by atoms with Crippen LogP contribution in [-0.2, 0) is 28.4 Å². The molecule has 0 atom stereocenters. The molecule has 0 aliphatic heterocycles. The summed E-state index contributed by atoms with van der Waals surface area (Å²) in [6.45, 7) is 3.02. The lowest BCUT2D eigenvalue weighted by Gasteiger charge is -2.19. The standard InChI is InChI=1S/C25H28N4O7S/c1-16(2)14-29-22(26)21(23(31)27(3)25(29)33)20(30)15-36-24(32)17-9-8-12-19(13-17)37(34,35)28(4)18-10-6-5-7-11-18/h5-13,16H,14-15,26H2,1-4H3. The molecule has 2 aromatic carbocycles. The van der Waals surface area contributed by atoms with Crippen molar-refractivity contribution in [2.45, 2.75) is 25.3 Å². The van der Waals surface area contributed by atoms with E-state index in [4.69, 9.17) is 10.5 Å². The molecule has 0 aliphatic carbocycles. The quantitative estimate of drug-likeness (QED) is 0.325. The number of sulfonamides is 1. The average Bonchev–Trinajstić information content (AvgIpc) is 2.88. The van der Waals surface area contributed by atoms with Crippen molar-refractivity contribution in [3.05, 3.63) is 86.6 Å². The molecule has 1 aromatic heterocycles. The summed E-state index contributed by atoms with van der Waals surface area (Å²) >= 11 is 0. The van der Waals surface area contributed by atoms with Crippen LogP contribution in [0.1, 0.15) is 34.6 Å². The molecular weight excluding hydrogens is 500 g/mol. The number of para-hydroxylation sites is 1. The van der Waals surface area contributed by atoms with E-state index in [0.717, 1.165) is 19.5 Å². The van der Waals surface area contributed by atoms with Gasteiger partial charge in [0.15, 0.2) is 6.61 Å². The van der Waals surface area contributed by atoms with E-state index in [9.17, 15) is 27.6 Å². The fourth-order valence-corrected chi connectivity index (χ4v) is 4.83. The molecule has 3 rings (SSSR count). The lowest BCUT2D eigenvalue weighted by Crippen LogP contribution is -2.43. The van der Waals surface area contributed by atoms with Crippen molar-refractivity contribution in [3.8, 4) is 0 Å². The SMILES string of the molecule is CC(C)Cn1c(N)c(C(=O)COC(=O)c2cccc(S(=O)(=O)N(C)c3ccccc3)c2)c(=O)n(C)c1=O. The molecule has 1 heterocycles. The number of benzene rings is 2. The lowest BCUT2D eigenvalue weighted by atomic mass is 10.1. The Kier molecular flexibility index (Phi) is 8.02. The van der Waals surface area contributed by atoms with E-state index in [2.05, 4.69) is 0 Å². The third-order valence-corrected chi connectivity index (χ3v) is 7.37. The Hall–Kier alpha value is -4.19. The molecule has 196 valence electrons. The highest BCUT2D eigenvalue weighted by molar-refractivity contribution is 7.92. The topological polar surface area (TPSA) is 151 Å². The molecule has 0 aliphatic rings. The van der Waals surface area contributed by atoms with E-state index in [1.165, 1.54) is 32.3 Å². The van der Waals surface area contributed by atoms with Crippen molar-refractivity contribution in [1.29, 1.82) is 0 Å². The number of esters is 1. The highest BCUT2D eigenvalue weighted by Gasteiger charge is 2.25. The summed E-state index contributed by atoms with van der Waals surface area (Å²) < 4.78 is 34.1. The van der Waals surface area contributed by atoms with Crippen LogP contribution in [0.5, 0.6) is 0 Å². The molecule has 0 unspecified atom stereocenters. The molecule has 37 heavy (non-hydrogen) atoms. The Morgan fingerprint density at radius 1 is 1.05 bits per heavy atom. The Morgan fingerprint density at radius 3 is 2.32 bits per heavy atom. The van der Waals surface area contributed by atoms with Crippen LogP contribution in [0.2, 0.25) is 0 Å². The summed E-state index contributed by atoms with van der Waals surface area (Å²) in [6, 6.07) is 13.6. The third-order valence-electron chi connectivity index (χ3n) is 5.59. The number of hydrogen-bond acceptors (Lipinski definition) is 8. The van der Waals surface area contributed by atoms with Crippen LogP contribution in [0.3, 0.4) is 0 Å². The number of carbonyl (C=O) groups is 2. The summed E-state index contributed by atoms with van der Waals surface area (Å²) in [5.41, 5.74) is 4.27. The fraction of sp³-hybridized carbons (Fsp3) is 0.280. The molecule has 11 nitrogen and oxygen atoms in total. The maximum Gasteiger partial charge on any atom is 0.338 e. The Morgan fingerprint density at radius 2 is 1.70 bits per heavy atom. The number of nitrogen functional groups attached to an aromatic ring is 1. The minimum Gasteiger partial charge on any atom is -0.454 e. The van der Waals surface area contributed by atoms with Crippen molar-refractivity contribution in [1.82, 2.24) is 9.13 Å². The molecule has 0 fully saturated rings. The molecule has 0 saturated carbocycles. The van der Waals surface area contributed by atoms with Gasteiger partial charge in [-0.2, -0.15) is 0 Å². The highest BCUT2D eigenvalue weighted by Crippen LogP contribution is 2.22. The highest BCUT2D eigenvalue weighted by atomic mass is 32.2. The number of anilines is 2. The summed E-state index contributed by atoms with van der Waals surface area (Å²) in [5, 5.41) is 0. The molecule has 0 radical (unpaired) electrons. The van der Waals surface area contributed by atoms with Gasteiger partial charge >= 0.3 is 11.7 Å². The van der Waals surface area contributed by atoms with E-state index >= 15 is 0 Å². The number of Topliss-reactive ketones (excluding diaryl/α,β-unsaturated/α-hetero) is 1. The third kappa shape index (κ3) is 5.64. The predicted molar refractivity (Wildman–Crippen MR) is 138 cm³/mol. The van der Waals surface area contributed by atoms with Crippen LogP contribution >= 0.6 is 0 Å². The summed E-state index contributed by atoms with van der Waals surface area (Å²) in [4.78, 5) is 50.3. The summed E-state index contributed by atoms with van der Waals surface area (Å²) in [5.74, 6) is -2.17. The molecular formula is C25H28N4O7S. The summed E-state index contributed by atoms with van der Waals surface area (Å²) in [7, 11) is -1.38. The minimum absolute atomic E-state index is 0.00257. The zero-order valence-electron chi connectivity index (χ0n) is 20.9. The monoisotopic (exact) mass is 528 g/mol. The Bertz CT molecular complexity index is 1560. The van der Waals surface area contributed by atoms with Crippen LogP contribution in [0, 0.1) is 5.92 Å². The first-order valence-electron chi connectivity index (χ1n) is 11.3. The van der Waals surface area contributed by atoms with Crippen molar-refractivity contribution >= 4 is 33.3 Å². The zero-order chi connectivity index (χ0) is 27.5. The molecule has 12 heteroatoms. The van der Waals surface area contributed by atoms with Gasteiger partial charge in [-0.05, 0) is 36.2 Å². The largest absolute Gasteiger partial charge is 0.454 e. The number of carbonyl (C=O) groups excluding carboxylic acids is 2. The van der Waals surface area contributed by atoms with Crippen LogP contribution in [0.15, 0.2) is 69.1 Å². The number of nitrogens with two attached hydrogens (primary N) is 1. The van der Waals surface area contributed by atoms with E-state index in [1.54, 1.807) is 30.3 Å². The average molecular weight is 529 g/mol. The van der Waals surface area contributed by atoms with Gasteiger partial charge in [0.2, 0.25) is 5.78 Å². The summed E-state index contributed by atoms with van der Waals surface area (Å²) in [6.07, 6.45) is 0. The smallest absolute Gasteiger partial charge is 0.338 e. The first-order chi connectivity index (χ1) is 17.4. The molecule has 0 amide bonds. The van der Waals surface area contributed by atoms with E-state index in [0.29, 0.717) is 5.69 Å². The number of aromatic nitrogens is 2. The molecule has 3 aromatic rings. The van der Waals surface area contributed by atoms with Crippen molar-refractivity contribution < 1.29 is 22.7 Å². The van der Waals surface area contributed by atoms with E-state index in [1.807, 2.05) is 13.8 Å². The van der Waals surface area contributed by atoms with Gasteiger partial charge in [-0.1, -0.05) is 38.1 Å². The second-order valence-electron chi connectivity index (χ2n) is 8.75. The van der Waals surface area contributed by atoms with Crippen molar-refractivity contribution in [2.24, 2.45) is 13.0 Å². The van der Waals surface area contributed by atoms with Gasteiger partial charge in [0.1, 0.15) is 11.4 Å². The molecule has 0 saturated heterocycles. The minimum atomic E-state index is -3.99. The molecule has 0 bridgehead atoms. The van der Waals surface area contributed by atoms with Crippen LogP contribution in [0.25, 0.3) is 0 Å². The van der Waals surface area contributed by atoms with Gasteiger partial charge in [-0.3, -0.25) is 23.0 Å². The van der Waals surface area contributed by atoms with Crippen LogP contribution in [-0.4, -0.2) is 43.0 Å². The van der Waals surface area contributed by atoms with Gasteiger partial charge in [0.25, 0.3) is 15.6 Å². The first kappa shape index (κ1) is 27.4. The maximum atomic E-state index is 13.0. The number of rotatable bonds is 9. The zero-order valence-corrected chi connectivity index (χ0v) is 21.7. The van der Waals surface area contributed by atoms with Gasteiger partial charge in [-0.15, -0.1) is 0 Å². The number of hydrogen-bond donors (Lipinski definition) is 1. The van der Waals surface area contributed by atoms with Gasteiger partial charge < -0.3 is 10.5 Å². The number of ether oxygens (including phenoxy) is 1. The number of nitrogens with zero attached hydrogens (tertiary/aromatic N) is 3. The van der Waals surface area contributed by atoms with Crippen LogP contribution < -0.4 is 21.3 Å². The lowest BCUT2D eigenvalue weighted by molar-refractivity contribution is 0.0474. The Balaban J connectivity index is 1.83. The molecule has 2 N–H and O–H groups in total.